The summed E-state index contributed by atoms with van der Waals surface area (Å²) < 4.78 is 41.8. The van der Waals surface area contributed by atoms with Crippen LogP contribution in [0.15, 0.2) is 47.4 Å². The molecule has 0 bridgehead atoms. The van der Waals surface area contributed by atoms with Gasteiger partial charge in [0.1, 0.15) is 0 Å². The molecule has 0 aliphatic rings. The Morgan fingerprint density at radius 2 is 1.61 bits per heavy atom. The summed E-state index contributed by atoms with van der Waals surface area (Å²) in [5.41, 5.74) is 0.855. The van der Waals surface area contributed by atoms with Gasteiger partial charge >= 0.3 is 5.97 Å². The van der Waals surface area contributed by atoms with Crippen molar-refractivity contribution in [2.45, 2.75) is 24.3 Å². The van der Waals surface area contributed by atoms with Gasteiger partial charge in [-0.2, -0.15) is 0 Å². The van der Waals surface area contributed by atoms with Crippen molar-refractivity contribution in [2.75, 3.05) is 27.9 Å². The number of rotatable bonds is 10. The first-order valence-corrected chi connectivity index (χ1v) is 10.9. The van der Waals surface area contributed by atoms with Gasteiger partial charge in [-0.25, -0.2) is 13.1 Å². The first kappa shape index (κ1) is 24.2. The van der Waals surface area contributed by atoms with E-state index >= 15 is 0 Å². The largest absolute Gasteiger partial charge is 0.493 e. The number of benzene rings is 2. The Hall–Kier alpha value is -3.11. The second-order valence-electron chi connectivity index (χ2n) is 6.45. The maximum atomic E-state index is 12.8. The molecule has 2 rings (SSSR count). The topological polar surface area (TPSA) is 120 Å². The van der Waals surface area contributed by atoms with Gasteiger partial charge in [0.05, 0.1) is 38.7 Å². The van der Waals surface area contributed by atoms with Crippen molar-refractivity contribution in [3.63, 3.8) is 0 Å². The molecule has 2 aromatic rings. The summed E-state index contributed by atoms with van der Waals surface area (Å²) in [5.74, 6) is -0.0303. The SMILES string of the molecule is CCNS(=O)(=O)c1ccc(C(=O)NC(CC(=O)OC)c2ccc(OC)c(OC)c2)cc1. The standard InChI is InChI=1S/C21H26N2O7S/c1-5-22-31(26,27)16-9-6-14(7-10-16)21(25)23-17(13-20(24)30-4)15-8-11-18(28-2)19(12-15)29-3/h6-12,17,22H,5,13H2,1-4H3,(H,23,25). The van der Waals surface area contributed by atoms with E-state index in [1.807, 2.05) is 0 Å². The molecule has 9 nitrogen and oxygen atoms in total. The first-order chi connectivity index (χ1) is 14.7. The second kappa shape index (κ2) is 10.8. The third-order valence-corrected chi connectivity index (χ3v) is 6.04. The number of methoxy groups -OCH3 is 3. The van der Waals surface area contributed by atoms with E-state index in [0.717, 1.165) is 0 Å². The van der Waals surface area contributed by atoms with Crippen molar-refractivity contribution in [1.82, 2.24) is 10.0 Å². The van der Waals surface area contributed by atoms with Crippen LogP contribution in [0.1, 0.15) is 35.3 Å². The summed E-state index contributed by atoms with van der Waals surface area (Å²) in [6, 6.07) is 9.85. The highest BCUT2D eigenvalue weighted by molar-refractivity contribution is 7.89. The van der Waals surface area contributed by atoms with Crippen LogP contribution in [0.25, 0.3) is 0 Å². The van der Waals surface area contributed by atoms with E-state index in [1.165, 1.54) is 45.6 Å². The van der Waals surface area contributed by atoms with Gasteiger partial charge in [-0.1, -0.05) is 13.0 Å². The fourth-order valence-electron chi connectivity index (χ4n) is 2.87. The first-order valence-electron chi connectivity index (χ1n) is 9.45. The molecule has 31 heavy (non-hydrogen) atoms. The third-order valence-electron chi connectivity index (χ3n) is 4.47. The number of hydrogen-bond acceptors (Lipinski definition) is 7. The molecule has 0 spiro atoms. The van der Waals surface area contributed by atoms with Gasteiger partial charge in [-0.05, 0) is 42.0 Å². The number of nitrogens with one attached hydrogen (secondary N) is 2. The zero-order valence-electron chi connectivity index (χ0n) is 17.8. The Bertz CT molecular complexity index is 1020. The van der Waals surface area contributed by atoms with Gasteiger partial charge in [-0.15, -0.1) is 0 Å². The summed E-state index contributed by atoms with van der Waals surface area (Å²) in [5, 5.41) is 2.79. The van der Waals surface area contributed by atoms with Crippen LogP contribution in [0.5, 0.6) is 11.5 Å². The quantitative estimate of drug-likeness (QED) is 0.532. The zero-order valence-corrected chi connectivity index (χ0v) is 18.6. The zero-order chi connectivity index (χ0) is 23.0. The monoisotopic (exact) mass is 450 g/mol. The fourth-order valence-corrected chi connectivity index (χ4v) is 3.91. The highest BCUT2D eigenvalue weighted by atomic mass is 32.2. The lowest BCUT2D eigenvalue weighted by atomic mass is 10.0. The molecule has 10 heteroatoms. The fraction of sp³-hybridized carbons (Fsp3) is 0.333. The minimum atomic E-state index is -3.62. The molecule has 0 heterocycles. The molecule has 0 fully saturated rings. The van der Waals surface area contributed by atoms with E-state index in [-0.39, 0.29) is 23.4 Å². The van der Waals surface area contributed by atoms with Gasteiger partial charge in [0.15, 0.2) is 11.5 Å². The van der Waals surface area contributed by atoms with Crippen molar-refractivity contribution in [3.05, 3.63) is 53.6 Å². The predicted molar refractivity (Wildman–Crippen MR) is 114 cm³/mol. The molecule has 2 aromatic carbocycles. The second-order valence-corrected chi connectivity index (χ2v) is 8.21. The molecule has 2 N–H and O–H groups in total. The minimum Gasteiger partial charge on any atom is -0.493 e. The number of sulfonamides is 1. The Balaban J connectivity index is 2.29. The Kier molecular flexibility index (Phi) is 8.40. The molecule has 1 atom stereocenters. The maximum absolute atomic E-state index is 12.8. The number of esters is 1. The molecule has 0 saturated carbocycles. The van der Waals surface area contributed by atoms with Gasteiger partial charge in [0.2, 0.25) is 10.0 Å². The van der Waals surface area contributed by atoms with Crippen LogP contribution < -0.4 is 19.5 Å². The van der Waals surface area contributed by atoms with E-state index in [9.17, 15) is 18.0 Å². The van der Waals surface area contributed by atoms with Crippen LogP contribution in [0, 0.1) is 0 Å². The number of carbonyl (C=O) groups is 2. The van der Waals surface area contributed by atoms with Crippen LogP contribution >= 0.6 is 0 Å². The van der Waals surface area contributed by atoms with Gasteiger partial charge in [-0.3, -0.25) is 9.59 Å². The molecule has 0 aliphatic carbocycles. The molecular weight excluding hydrogens is 424 g/mol. The average Bonchev–Trinajstić information content (AvgIpc) is 2.77. The van der Waals surface area contributed by atoms with Gasteiger partial charge in [0.25, 0.3) is 5.91 Å². The van der Waals surface area contributed by atoms with Crippen LogP contribution in [0.4, 0.5) is 0 Å². The number of hydrogen-bond donors (Lipinski definition) is 2. The lowest BCUT2D eigenvalue weighted by Gasteiger charge is -2.20. The van der Waals surface area contributed by atoms with E-state index in [1.54, 1.807) is 25.1 Å². The van der Waals surface area contributed by atoms with Crippen LogP contribution in [0.2, 0.25) is 0 Å². The summed E-state index contributed by atoms with van der Waals surface area (Å²) in [6.45, 7) is 1.93. The third kappa shape index (κ3) is 6.19. The highest BCUT2D eigenvalue weighted by Crippen LogP contribution is 2.31. The Morgan fingerprint density at radius 3 is 2.16 bits per heavy atom. The normalized spacial score (nSPS) is 12.0. The predicted octanol–water partition coefficient (Wildman–Crippen LogP) is 2.04. The van der Waals surface area contributed by atoms with E-state index in [0.29, 0.717) is 17.1 Å². The van der Waals surface area contributed by atoms with Gasteiger partial charge in [0, 0.05) is 12.1 Å². The number of carbonyl (C=O) groups excluding carboxylic acids is 2. The summed E-state index contributed by atoms with van der Waals surface area (Å²) in [4.78, 5) is 24.7. The number of ether oxygens (including phenoxy) is 3. The summed E-state index contributed by atoms with van der Waals surface area (Å²) in [7, 11) is 0.632. The molecule has 0 aromatic heterocycles. The average molecular weight is 451 g/mol. The van der Waals surface area contributed by atoms with Crippen LogP contribution in [-0.2, 0) is 19.6 Å². The molecular formula is C21H26N2O7S. The van der Waals surface area contributed by atoms with Gasteiger partial charge < -0.3 is 19.5 Å². The van der Waals surface area contributed by atoms with E-state index in [4.69, 9.17) is 14.2 Å². The molecule has 168 valence electrons. The van der Waals surface area contributed by atoms with E-state index in [2.05, 4.69) is 10.0 Å². The maximum Gasteiger partial charge on any atom is 0.307 e. The Morgan fingerprint density at radius 1 is 0.968 bits per heavy atom. The van der Waals surface area contributed by atoms with Crippen LogP contribution in [-0.4, -0.2) is 48.2 Å². The molecule has 0 aliphatic heterocycles. The molecule has 0 saturated heterocycles. The van der Waals surface area contributed by atoms with Crippen molar-refractivity contribution in [2.24, 2.45) is 0 Å². The molecule has 1 unspecified atom stereocenters. The highest BCUT2D eigenvalue weighted by Gasteiger charge is 2.22. The minimum absolute atomic E-state index is 0.0527. The van der Waals surface area contributed by atoms with Crippen molar-refractivity contribution in [1.29, 1.82) is 0 Å². The lowest BCUT2D eigenvalue weighted by Crippen LogP contribution is -2.30. The molecule has 0 radical (unpaired) electrons. The summed E-state index contributed by atoms with van der Waals surface area (Å²) >= 11 is 0. The smallest absolute Gasteiger partial charge is 0.307 e. The van der Waals surface area contributed by atoms with Crippen molar-refractivity contribution < 1.29 is 32.2 Å². The lowest BCUT2D eigenvalue weighted by molar-refractivity contribution is -0.141. The molecule has 1 amide bonds. The van der Waals surface area contributed by atoms with E-state index < -0.39 is 27.9 Å². The van der Waals surface area contributed by atoms with Crippen molar-refractivity contribution >= 4 is 21.9 Å². The van der Waals surface area contributed by atoms with Crippen LogP contribution in [0.3, 0.4) is 0 Å². The Labute approximate surface area is 181 Å². The summed E-state index contributed by atoms with van der Waals surface area (Å²) in [6.07, 6.45) is -0.107. The van der Waals surface area contributed by atoms with Crippen molar-refractivity contribution in [3.8, 4) is 11.5 Å². The number of amides is 1.